The van der Waals surface area contributed by atoms with E-state index in [1.54, 1.807) is 0 Å². The number of aliphatic carboxylic acids is 1. The minimum atomic E-state index is -4.66. The first-order valence-corrected chi connectivity index (χ1v) is 11.6. The molecule has 8 nitrogen and oxygen atoms in total. The fourth-order valence-electron chi connectivity index (χ4n) is 4.16. The van der Waals surface area contributed by atoms with Gasteiger partial charge in [-0.2, -0.15) is 17.7 Å². The lowest BCUT2D eigenvalue weighted by molar-refractivity contribution is -0.301. The summed E-state index contributed by atoms with van der Waals surface area (Å²) in [5.41, 5.74) is -2.35. The zero-order valence-electron chi connectivity index (χ0n) is 20.2. The minimum absolute atomic E-state index is 0.0283. The van der Waals surface area contributed by atoms with Crippen molar-refractivity contribution >= 4 is 46.8 Å². The molecule has 1 heterocycles. The first-order chi connectivity index (χ1) is 17.6. The van der Waals surface area contributed by atoms with Crippen LogP contribution in [0.2, 0.25) is 10.0 Å². The molecular weight excluding hydrogens is 557 g/mol. The molecule has 0 saturated heterocycles. The van der Waals surface area contributed by atoms with E-state index in [4.69, 9.17) is 32.7 Å². The van der Waals surface area contributed by atoms with E-state index in [0.717, 1.165) is 19.2 Å². The number of quaternary nitrogens is 1. The van der Waals surface area contributed by atoms with Crippen LogP contribution in [0.4, 0.5) is 23.2 Å². The third kappa shape index (κ3) is 5.63. The van der Waals surface area contributed by atoms with Crippen LogP contribution >= 0.6 is 23.2 Å². The van der Waals surface area contributed by atoms with Gasteiger partial charge in [-0.1, -0.05) is 23.2 Å². The molecule has 1 N–H and O–H groups in total. The fourth-order valence-corrected chi connectivity index (χ4v) is 4.65. The van der Waals surface area contributed by atoms with Crippen LogP contribution in [0.5, 0.6) is 0 Å². The molecule has 1 aliphatic heterocycles. The van der Waals surface area contributed by atoms with Crippen molar-refractivity contribution in [2.45, 2.75) is 25.6 Å². The number of carboxylic acids is 1. The Morgan fingerprint density at radius 1 is 1.08 bits per heavy atom. The highest BCUT2D eigenvalue weighted by Gasteiger charge is 2.60. The zero-order chi connectivity index (χ0) is 28.5. The third-order valence-electron chi connectivity index (χ3n) is 5.68. The van der Waals surface area contributed by atoms with Crippen molar-refractivity contribution < 1.29 is 41.7 Å². The standard InChI is InChI=1S/C24H21Cl2F4N3O5/c1-23(2,11-38-12-24(28,29)30)33(15-7-5-14(27)6-8-15)18(21(35)36)19(32-22(33)37-3)31-20(34)16-9-4-13(25)10-17(16)26/h4-10H,11-12H2,1-3H3,(H-,31,34,35,36). The summed E-state index contributed by atoms with van der Waals surface area (Å²) in [5.74, 6) is -3.92. The quantitative estimate of drug-likeness (QED) is 0.375. The lowest BCUT2D eigenvalue weighted by Gasteiger charge is -2.46. The largest absolute Gasteiger partial charge is 0.540 e. The number of hydrogen-bond acceptors (Lipinski definition) is 6. The second kappa shape index (κ2) is 10.9. The SMILES string of the molecule is COC1=NC(NC(=O)c2ccc(Cl)cc2Cl)=C(C(=O)[O-])[N+]1(c1ccc(F)cc1)C(C)(C)COCC(F)(F)F. The van der Waals surface area contributed by atoms with E-state index >= 15 is 0 Å². The number of amides is 1. The van der Waals surface area contributed by atoms with Crippen molar-refractivity contribution in [2.24, 2.45) is 4.99 Å². The second-order valence-corrected chi connectivity index (χ2v) is 9.57. The molecular formula is C24H21Cl2F4N3O5. The van der Waals surface area contributed by atoms with Gasteiger partial charge >= 0.3 is 12.2 Å². The van der Waals surface area contributed by atoms with E-state index in [1.807, 2.05) is 0 Å². The van der Waals surface area contributed by atoms with Gasteiger partial charge in [-0.15, -0.1) is 4.99 Å². The first kappa shape index (κ1) is 29.4. The van der Waals surface area contributed by atoms with Gasteiger partial charge in [0.25, 0.3) is 5.91 Å². The molecule has 14 heteroatoms. The normalized spacial score (nSPS) is 17.9. The van der Waals surface area contributed by atoms with Gasteiger partial charge in [0.1, 0.15) is 36.2 Å². The molecule has 1 atom stereocenters. The van der Waals surface area contributed by atoms with E-state index in [1.165, 1.54) is 44.2 Å². The summed E-state index contributed by atoms with van der Waals surface area (Å²) in [6, 6.07) is 8.07. The average Bonchev–Trinajstić information content (AvgIpc) is 3.14. The summed E-state index contributed by atoms with van der Waals surface area (Å²) >= 11 is 12.0. The van der Waals surface area contributed by atoms with Gasteiger partial charge in [0.15, 0.2) is 0 Å². The number of carbonyl (C=O) groups is 2. The summed E-state index contributed by atoms with van der Waals surface area (Å²) in [4.78, 5) is 29.8. The number of methoxy groups -OCH3 is 1. The summed E-state index contributed by atoms with van der Waals surface area (Å²) in [5, 5.41) is 15.2. The van der Waals surface area contributed by atoms with Gasteiger partial charge in [-0.3, -0.25) is 4.79 Å². The van der Waals surface area contributed by atoms with Crippen LogP contribution in [0.15, 0.2) is 59.0 Å². The Balaban J connectivity index is 2.23. The van der Waals surface area contributed by atoms with Crippen LogP contribution in [0.3, 0.4) is 0 Å². The number of benzene rings is 2. The number of hydrogen-bond donors (Lipinski definition) is 1. The number of nitrogens with one attached hydrogen (secondary N) is 1. The maximum atomic E-state index is 13.8. The number of amidine groups is 1. The van der Waals surface area contributed by atoms with Crippen molar-refractivity contribution in [1.82, 2.24) is 9.80 Å². The molecule has 0 aliphatic carbocycles. The van der Waals surface area contributed by atoms with E-state index in [-0.39, 0.29) is 27.3 Å². The van der Waals surface area contributed by atoms with Crippen LogP contribution in [0.1, 0.15) is 24.2 Å². The van der Waals surface area contributed by atoms with Crippen molar-refractivity contribution in [2.75, 3.05) is 20.3 Å². The Bertz CT molecular complexity index is 1310. The van der Waals surface area contributed by atoms with E-state index in [2.05, 4.69) is 10.3 Å². The van der Waals surface area contributed by atoms with Gasteiger partial charge in [0.05, 0.1) is 17.7 Å². The molecule has 2 aromatic carbocycles. The highest BCUT2D eigenvalue weighted by atomic mass is 35.5. The lowest BCUT2D eigenvalue weighted by atomic mass is 9.96. The molecule has 1 aliphatic rings. The Morgan fingerprint density at radius 2 is 1.71 bits per heavy atom. The van der Waals surface area contributed by atoms with Crippen LogP contribution in [-0.2, 0) is 14.3 Å². The fraction of sp³-hybridized carbons (Fsp3) is 0.292. The van der Waals surface area contributed by atoms with Gasteiger partial charge in [0, 0.05) is 17.2 Å². The number of carbonyl (C=O) groups excluding carboxylic acids is 2. The molecule has 0 spiro atoms. The molecule has 38 heavy (non-hydrogen) atoms. The zero-order valence-corrected chi connectivity index (χ0v) is 21.7. The summed E-state index contributed by atoms with van der Waals surface area (Å²) in [6.45, 7) is 0.492. The predicted octanol–water partition coefficient (Wildman–Crippen LogP) is 4.16. The molecule has 0 bridgehead atoms. The first-order valence-electron chi connectivity index (χ1n) is 10.8. The molecule has 1 amide bonds. The number of carboxylic acid groups (broad SMARTS) is 1. The molecule has 1 unspecified atom stereocenters. The van der Waals surface area contributed by atoms with Crippen LogP contribution < -0.4 is 14.9 Å². The molecule has 2 aromatic rings. The van der Waals surface area contributed by atoms with Gasteiger partial charge in [-0.05, 0) is 44.2 Å². The predicted molar refractivity (Wildman–Crippen MR) is 130 cm³/mol. The number of ether oxygens (including phenoxy) is 2. The van der Waals surface area contributed by atoms with Crippen LogP contribution in [-0.4, -0.2) is 49.9 Å². The van der Waals surface area contributed by atoms with Crippen molar-refractivity contribution in [3.05, 3.63) is 75.4 Å². The van der Waals surface area contributed by atoms with Crippen molar-refractivity contribution in [3.8, 4) is 0 Å². The van der Waals surface area contributed by atoms with Gasteiger partial charge in [0.2, 0.25) is 11.5 Å². The molecule has 0 aromatic heterocycles. The molecule has 0 radical (unpaired) electrons. The Hall–Kier alpha value is -3.19. The van der Waals surface area contributed by atoms with Gasteiger partial charge in [-0.25, -0.2) is 4.39 Å². The molecule has 0 fully saturated rings. The van der Waals surface area contributed by atoms with Crippen molar-refractivity contribution in [1.29, 1.82) is 0 Å². The minimum Gasteiger partial charge on any atom is -0.540 e. The maximum absolute atomic E-state index is 13.8. The van der Waals surface area contributed by atoms with E-state index in [9.17, 15) is 32.3 Å². The number of nitrogens with zero attached hydrogens (tertiary/aromatic N) is 2. The third-order valence-corrected chi connectivity index (χ3v) is 6.23. The number of alkyl halides is 3. The molecule has 204 valence electrons. The number of aliphatic imine (C=N–C) groups is 1. The average molecular weight is 578 g/mol. The number of halogens is 6. The maximum Gasteiger partial charge on any atom is 0.411 e. The Labute approximate surface area is 224 Å². The van der Waals surface area contributed by atoms with E-state index < -0.39 is 58.6 Å². The summed E-state index contributed by atoms with van der Waals surface area (Å²) in [6.07, 6.45) is -4.66. The lowest BCUT2D eigenvalue weighted by Crippen LogP contribution is -2.69. The Morgan fingerprint density at radius 3 is 2.24 bits per heavy atom. The summed E-state index contributed by atoms with van der Waals surface area (Å²) < 4.78 is 61.6. The van der Waals surface area contributed by atoms with Gasteiger partial charge < -0.3 is 24.7 Å². The van der Waals surface area contributed by atoms with Crippen LogP contribution in [0, 0.1) is 5.82 Å². The Kier molecular flexibility index (Phi) is 8.42. The summed E-state index contributed by atoms with van der Waals surface area (Å²) in [7, 11) is 1.15. The van der Waals surface area contributed by atoms with E-state index in [0.29, 0.717) is 0 Å². The highest BCUT2D eigenvalue weighted by molar-refractivity contribution is 6.36. The van der Waals surface area contributed by atoms with Crippen molar-refractivity contribution in [3.63, 3.8) is 0 Å². The molecule has 0 saturated carbocycles. The van der Waals surface area contributed by atoms with Crippen LogP contribution in [0.25, 0.3) is 0 Å². The smallest absolute Gasteiger partial charge is 0.411 e. The number of rotatable bonds is 8. The molecule has 3 rings (SSSR count). The second-order valence-electron chi connectivity index (χ2n) is 8.73. The highest BCUT2D eigenvalue weighted by Crippen LogP contribution is 2.44. The monoisotopic (exact) mass is 577 g/mol. The topological polar surface area (TPSA) is 100 Å².